The average Bonchev–Trinajstić information content (AvgIpc) is 2.80. The summed E-state index contributed by atoms with van der Waals surface area (Å²) < 4.78 is 0. The van der Waals surface area contributed by atoms with E-state index in [1.165, 1.54) is 4.90 Å². The van der Waals surface area contributed by atoms with E-state index < -0.39 is 12.1 Å². The van der Waals surface area contributed by atoms with Gasteiger partial charge in [-0.25, -0.2) is 4.79 Å². The standard InChI is InChI=1S/C23H27N5O3/c1-16-6-8-17(9-7-16)13-26-20(29)15-27-19-5-3-11-25-21(19)22(30)28(23(27)31)14-18-4-2-10-24-12-18/h2,4,6-10,12,19,21,25H,3,5,11,13-15H2,1H3,(H,26,29). The summed E-state index contributed by atoms with van der Waals surface area (Å²) in [6.45, 7) is 3.18. The van der Waals surface area contributed by atoms with Crippen LogP contribution in [0.1, 0.15) is 29.5 Å². The SMILES string of the molecule is Cc1ccc(CNC(=O)CN2C(=O)N(Cc3cccnc3)C(=O)C3NCCCC32)cc1. The van der Waals surface area contributed by atoms with Gasteiger partial charge in [0, 0.05) is 18.9 Å². The number of fused-ring (bicyclic) bond motifs is 1. The second kappa shape index (κ2) is 9.26. The molecule has 162 valence electrons. The monoisotopic (exact) mass is 421 g/mol. The maximum absolute atomic E-state index is 13.2. The normalized spacial score (nSPS) is 21.1. The Bertz CT molecular complexity index is 947. The molecule has 2 atom stereocenters. The fourth-order valence-electron chi connectivity index (χ4n) is 4.14. The zero-order chi connectivity index (χ0) is 21.8. The van der Waals surface area contributed by atoms with Gasteiger partial charge in [-0.15, -0.1) is 0 Å². The van der Waals surface area contributed by atoms with Crippen LogP contribution in [0, 0.1) is 6.92 Å². The largest absolute Gasteiger partial charge is 0.350 e. The summed E-state index contributed by atoms with van der Waals surface area (Å²) in [5.41, 5.74) is 2.92. The van der Waals surface area contributed by atoms with E-state index in [0.717, 1.165) is 29.7 Å². The fourth-order valence-corrected chi connectivity index (χ4v) is 4.14. The van der Waals surface area contributed by atoms with Gasteiger partial charge in [0.05, 0.1) is 12.6 Å². The molecule has 31 heavy (non-hydrogen) atoms. The Morgan fingerprint density at radius 3 is 2.74 bits per heavy atom. The predicted molar refractivity (Wildman–Crippen MR) is 115 cm³/mol. The molecule has 2 unspecified atom stereocenters. The summed E-state index contributed by atoms with van der Waals surface area (Å²) in [7, 11) is 0. The van der Waals surface area contributed by atoms with Gasteiger partial charge < -0.3 is 15.5 Å². The summed E-state index contributed by atoms with van der Waals surface area (Å²) in [6.07, 6.45) is 4.83. The van der Waals surface area contributed by atoms with Crippen molar-refractivity contribution < 1.29 is 14.4 Å². The van der Waals surface area contributed by atoms with E-state index in [-0.39, 0.29) is 30.9 Å². The number of pyridine rings is 1. The van der Waals surface area contributed by atoms with Gasteiger partial charge in [-0.2, -0.15) is 0 Å². The quantitative estimate of drug-likeness (QED) is 0.739. The molecule has 0 saturated carbocycles. The Morgan fingerprint density at radius 1 is 1.19 bits per heavy atom. The van der Waals surface area contributed by atoms with Gasteiger partial charge in [-0.3, -0.25) is 19.5 Å². The number of carbonyl (C=O) groups is 3. The molecule has 2 aromatic rings. The lowest BCUT2D eigenvalue weighted by Crippen LogP contribution is -2.70. The molecule has 4 amide bonds. The van der Waals surface area contributed by atoms with Crippen LogP contribution in [0.25, 0.3) is 0 Å². The molecule has 0 aliphatic carbocycles. The lowest BCUT2D eigenvalue weighted by atomic mass is 9.93. The van der Waals surface area contributed by atoms with Crippen molar-refractivity contribution in [3.8, 4) is 0 Å². The van der Waals surface area contributed by atoms with Gasteiger partial charge in [-0.1, -0.05) is 35.9 Å². The fraction of sp³-hybridized carbons (Fsp3) is 0.391. The van der Waals surface area contributed by atoms with Crippen LogP contribution in [-0.2, 0) is 22.7 Å². The first-order chi connectivity index (χ1) is 15.0. The average molecular weight is 422 g/mol. The van der Waals surface area contributed by atoms with E-state index in [2.05, 4.69) is 15.6 Å². The Kier molecular flexibility index (Phi) is 6.27. The molecule has 3 heterocycles. The molecule has 0 spiro atoms. The molecule has 0 radical (unpaired) electrons. The second-order valence-corrected chi connectivity index (χ2v) is 8.10. The zero-order valence-electron chi connectivity index (χ0n) is 17.6. The van der Waals surface area contributed by atoms with Gasteiger partial charge in [0.15, 0.2) is 0 Å². The summed E-state index contributed by atoms with van der Waals surface area (Å²) in [5.74, 6) is -0.483. The topological polar surface area (TPSA) is 94.6 Å². The minimum absolute atomic E-state index is 0.0790. The highest BCUT2D eigenvalue weighted by Gasteiger charge is 2.47. The number of hydrogen-bond acceptors (Lipinski definition) is 5. The molecular formula is C23H27N5O3. The summed E-state index contributed by atoms with van der Waals surface area (Å²) in [5, 5.41) is 6.13. The van der Waals surface area contributed by atoms with Crippen molar-refractivity contribution in [3.05, 3.63) is 65.5 Å². The lowest BCUT2D eigenvalue weighted by molar-refractivity contribution is -0.139. The number of nitrogens with zero attached hydrogens (tertiary/aromatic N) is 3. The second-order valence-electron chi connectivity index (χ2n) is 8.10. The van der Waals surface area contributed by atoms with Crippen molar-refractivity contribution in [1.29, 1.82) is 0 Å². The highest BCUT2D eigenvalue weighted by Crippen LogP contribution is 2.25. The molecule has 2 aliphatic rings. The van der Waals surface area contributed by atoms with Crippen LogP contribution in [-0.4, -0.2) is 57.8 Å². The number of benzene rings is 1. The molecule has 4 rings (SSSR count). The third-order valence-electron chi connectivity index (χ3n) is 5.82. The number of carbonyl (C=O) groups excluding carboxylic acids is 3. The molecule has 0 bridgehead atoms. The van der Waals surface area contributed by atoms with Crippen LogP contribution < -0.4 is 10.6 Å². The first-order valence-electron chi connectivity index (χ1n) is 10.6. The molecule has 2 saturated heterocycles. The van der Waals surface area contributed by atoms with Gasteiger partial charge in [-0.05, 0) is 43.5 Å². The van der Waals surface area contributed by atoms with E-state index in [1.54, 1.807) is 23.4 Å². The van der Waals surface area contributed by atoms with Crippen LogP contribution >= 0.6 is 0 Å². The summed E-state index contributed by atoms with van der Waals surface area (Å²) in [6, 6.07) is 10.3. The first kappa shape index (κ1) is 21.0. The number of nitrogens with one attached hydrogen (secondary N) is 2. The van der Waals surface area contributed by atoms with Crippen LogP contribution in [0.3, 0.4) is 0 Å². The highest BCUT2D eigenvalue weighted by molar-refractivity contribution is 6.01. The number of urea groups is 1. The molecule has 1 aromatic heterocycles. The van der Waals surface area contributed by atoms with E-state index in [1.807, 2.05) is 37.3 Å². The highest BCUT2D eigenvalue weighted by atomic mass is 16.2. The van der Waals surface area contributed by atoms with Crippen molar-refractivity contribution in [2.24, 2.45) is 0 Å². The zero-order valence-corrected chi connectivity index (χ0v) is 17.6. The van der Waals surface area contributed by atoms with E-state index >= 15 is 0 Å². The van der Waals surface area contributed by atoms with Crippen molar-refractivity contribution >= 4 is 17.8 Å². The smallest absolute Gasteiger partial charge is 0.327 e. The Balaban J connectivity index is 1.47. The van der Waals surface area contributed by atoms with Crippen molar-refractivity contribution in [3.63, 3.8) is 0 Å². The number of rotatable bonds is 6. The Labute approximate surface area is 181 Å². The third-order valence-corrected chi connectivity index (χ3v) is 5.82. The molecule has 8 nitrogen and oxygen atoms in total. The van der Waals surface area contributed by atoms with Crippen LogP contribution in [0.2, 0.25) is 0 Å². The van der Waals surface area contributed by atoms with Gasteiger partial charge in [0.25, 0.3) is 0 Å². The molecule has 2 N–H and O–H groups in total. The number of imide groups is 1. The van der Waals surface area contributed by atoms with Crippen molar-refractivity contribution in [1.82, 2.24) is 25.4 Å². The molecule has 2 fully saturated rings. The molecule has 2 aliphatic heterocycles. The lowest BCUT2D eigenvalue weighted by Gasteiger charge is -2.46. The molecule has 8 heteroatoms. The van der Waals surface area contributed by atoms with Crippen LogP contribution in [0.5, 0.6) is 0 Å². The van der Waals surface area contributed by atoms with Gasteiger partial charge >= 0.3 is 6.03 Å². The maximum Gasteiger partial charge on any atom is 0.327 e. The Hall–Kier alpha value is -3.26. The molecule has 1 aromatic carbocycles. The number of aromatic nitrogens is 1. The Morgan fingerprint density at radius 2 is 2.00 bits per heavy atom. The minimum atomic E-state index is -0.493. The first-order valence-corrected chi connectivity index (χ1v) is 10.6. The van der Waals surface area contributed by atoms with Crippen LogP contribution in [0.15, 0.2) is 48.8 Å². The van der Waals surface area contributed by atoms with Gasteiger partial charge in [0.2, 0.25) is 11.8 Å². The van der Waals surface area contributed by atoms with E-state index in [9.17, 15) is 14.4 Å². The number of amides is 4. The van der Waals surface area contributed by atoms with Crippen molar-refractivity contribution in [2.45, 2.75) is 44.9 Å². The van der Waals surface area contributed by atoms with Crippen molar-refractivity contribution in [2.75, 3.05) is 13.1 Å². The van der Waals surface area contributed by atoms with E-state index in [4.69, 9.17) is 0 Å². The van der Waals surface area contributed by atoms with E-state index in [0.29, 0.717) is 13.0 Å². The third kappa shape index (κ3) is 4.74. The van der Waals surface area contributed by atoms with Gasteiger partial charge in [0.1, 0.15) is 12.6 Å². The maximum atomic E-state index is 13.2. The molecular weight excluding hydrogens is 394 g/mol. The van der Waals surface area contributed by atoms with Crippen LogP contribution in [0.4, 0.5) is 4.79 Å². The predicted octanol–water partition coefficient (Wildman–Crippen LogP) is 1.59. The minimum Gasteiger partial charge on any atom is -0.350 e. The summed E-state index contributed by atoms with van der Waals surface area (Å²) >= 11 is 0. The number of hydrogen-bond donors (Lipinski definition) is 2. The number of aryl methyl sites for hydroxylation is 1. The number of piperidine rings is 1. The summed E-state index contributed by atoms with van der Waals surface area (Å²) in [4.78, 5) is 45.8.